The molecule has 0 amide bonds. The molecule has 0 aliphatic carbocycles. The zero-order valence-corrected chi connectivity index (χ0v) is 29.1. The van der Waals surface area contributed by atoms with E-state index in [1.54, 1.807) is 18.2 Å². The van der Waals surface area contributed by atoms with Crippen molar-refractivity contribution in [1.29, 1.82) is 0 Å². The van der Waals surface area contributed by atoms with E-state index in [4.69, 9.17) is 28.4 Å². The van der Waals surface area contributed by atoms with Gasteiger partial charge in [-0.15, -0.1) is 0 Å². The molecule has 0 aliphatic rings. The summed E-state index contributed by atoms with van der Waals surface area (Å²) in [5, 5.41) is 4.30. The van der Waals surface area contributed by atoms with Crippen LogP contribution < -0.4 is 14.2 Å². The SMILES string of the molecule is CCCCCOc1cc2c3cc(OCCCCC)c(C(=O)OC)cc3c3cc(C(=O)OC)c(OCCCCC)cc3c2cc1C(=O)OC. The van der Waals surface area contributed by atoms with E-state index >= 15 is 0 Å². The van der Waals surface area contributed by atoms with Gasteiger partial charge in [0.1, 0.15) is 33.9 Å². The van der Waals surface area contributed by atoms with Crippen molar-refractivity contribution < 1.29 is 42.8 Å². The number of hydrogen-bond acceptors (Lipinski definition) is 9. The standard InChI is InChI=1S/C39H48O9/c1-7-10-13-16-46-34-22-28-25(19-31(34)37(40)43-4)26-20-32(38(41)44-5)35(47-17-14-11-8-2)23-29(26)30-24-36(48-18-15-12-9-3)33(21-27(28)30)39(42)45-6/h19-24H,7-18H2,1-6H3. The molecule has 48 heavy (non-hydrogen) atoms. The summed E-state index contributed by atoms with van der Waals surface area (Å²) >= 11 is 0. The predicted octanol–water partition coefficient (Wildman–Crippen LogP) is 9.21. The van der Waals surface area contributed by atoms with E-state index in [2.05, 4.69) is 20.8 Å². The van der Waals surface area contributed by atoms with E-state index in [1.807, 2.05) is 18.2 Å². The van der Waals surface area contributed by atoms with Crippen molar-refractivity contribution in [3.8, 4) is 17.2 Å². The normalized spacial score (nSPS) is 11.1. The number of benzene rings is 4. The third kappa shape index (κ3) is 8.12. The average Bonchev–Trinajstić information content (AvgIpc) is 3.11. The molecule has 0 saturated carbocycles. The Labute approximate surface area is 282 Å². The third-order valence-electron chi connectivity index (χ3n) is 8.46. The van der Waals surface area contributed by atoms with Crippen molar-refractivity contribution >= 4 is 50.2 Å². The number of unbranched alkanes of at least 4 members (excludes halogenated alkanes) is 6. The highest BCUT2D eigenvalue weighted by Gasteiger charge is 2.24. The highest BCUT2D eigenvalue weighted by molar-refractivity contribution is 6.28. The summed E-state index contributed by atoms with van der Waals surface area (Å²) in [5.41, 5.74) is 0.807. The summed E-state index contributed by atoms with van der Waals surface area (Å²) in [5.74, 6) is -0.464. The van der Waals surface area contributed by atoms with Gasteiger partial charge in [-0.1, -0.05) is 59.3 Å². The topological polar surface area (TPSA) is 107 Å². The minimum Gasteiger partial charge on any atom is -0.493 e. The fraction of sp³-hybridized carbons (Fsp3) is 0.462. The smallest absolute Gasteiger partial charge is 0.341 e. The summed E-state index contributed by atoms with van der Waals surface area (Å²) < 4.78 is 34.1. The van der Waals surface area contributed by atoms with Crippen LogP contribution in [0.15, 0.2) is 36.4 Å². The minimum absolute atomic E-state index is 0.255. The lowest BCUT2D eigenvalue weighted by Crippen LogP contribution is -2.09. The summed E-state index contributed by atoms with van der Waals surface area (Å²) in [4.78, 5) is 39.4. The van der Waals surface area contributed by atoms with Gasteiger partial charge in [-0.25, -0.2) is 14.4 Å². The molecule has 9 nitrogen and oxygen atoms in total. The molecule has 9 heteroatoms. The molecule has 0 saturated heterocycles. The average molecular weight is 661 g/mol. The van der Waals surface area contributed by atoms with Crippen LogP contribution in [0.3, 0.4) is 0 Å². The fourth-order valence-corrected chi connectivity index (χ4v) is 5.85. The largest absolute Gasteiger partial charge is 0.493 e. The van der Waals surface area contributed by atoms with Crippen LogP contribution in [0.2, 0.25) is 0 Å². The highest BCUT2D eigenvalue weighted by atomic mass is 16.5. The summed E-state index contributed by atoms with van der Waals surface area (Å²) in [7, 11) is 4.00. The maximum absolute atomic E-state index is 13.1. The van der Waals surface area contributed by atoms with E-state index in [-0.39, 0.29) is 16.7 Å². The Balaban J connectivity index is 2.12. The molecule has 0 bridgehead atoms. The van der Waals surface area contributed by atoms with E-state index in [1.165, 1.54) is 21.3 Å². The third-order valence-corrected chi connectivity index (χ3v) is 8.46. The maximum atomic E-state index is 13.1. The maximum Gasteiger partial charge on any atom is 0.341 e. The molecule has 0 spiro atoms. The van der Waals surface area contributed by atoms with E-state index in [0.29, 0.717) is 53.2 Å². The molecule has 0 radical (unpaired) electrons. The Bertz CT molecular complexity index is 1760. The number of esters is 3. The Morgan fingerprint density at radius 3 is 0.896 bits per heavy atom. The second-order valence-electron chi connectivity index (χ2n) is 11.8. The molecular weight excluding hydrogens is 612 g/mol. The number of methoxy groups -OCH3 is 3. The zero-order chi connectivity index (χ0) is 34.6. The molecule has 4 aromatic carbocycles. The molecule has 4 aromatic rings. The minimum atomic E-state index is -0.550. The van der Waals surface area contributed by atoms with Crippen molar-refractivity contribution in [2.75, 3.05) is 41.2 Å². The van der Waals surface area contributed by atoms with Gasteiger partial charge >= 0.3 is 17.9 Å². The predicted molar refractivity (Wildman–Crippen MR) is 188 cm³/mol. The molecule has 4 rings (SSSR count). The van der Waals surface area contributed by atoms with Gasteiger partial charge in [0.25, 0.3) is 0 Å². The monoisotopic (exact) mass is 660 g/mol. The van der Waals surface area contributed by atoms with Crippen molar-refractivity contribution in [3.63, 3.8) is 0 Å². The summed E-state index contributed by atoms with van der Waals surface area (Å²) in [6.45, 7) is 7.62. The Morgan fingerprint density at radius 1 is 0.417 bits per heavy atom. The Morgan fingerprint density at radius 2 is 0.667 bits per heavy atom. The van der Waals surface area contributed by atoms with Gasteiger partial charge in [0.2, 0.25) is 0 Å². The van der Waals surface area contributed by atoms with E-state index in [0.717, 1.165) is 73.9 Å². The molecular formula is C39H48O9. The summed E-state index contributed by atoms with van der Waals surface area (Å²) in [6, 6.07) is 10.7. The van der Waals surface area contributed by atoms with Crippen molar-refractivity contribution in [3.05, 3.63) is 53.1 Å². The van der Waals surface area contributed by atoms with Crippen molar-refractivity contribution in [2.24, 2.45) is 0 Å². The van der Waals surface area contributed by atoms with Crippen LogP contribution in [0.4, 0.5) is 0 Å². The highest BCUT2D eigenvalue weighted by Crippen LogP contribution is 2.43. The molecule has 0 aliphatic heterocycles. The first-order valence-electron chi connectivity index (χ1n) is 17.0. The first-order valence-corrected chi connectivity index (χ1v) is 17.0. The lowest BCUT2D eigenvalue weighted by atomic mass is 9.90. The van der Waals surface area contributed by atoms with Gasteiger partial charge in [0.15, 0.2) is 0 Å². The molecule has 0 heterocycles. The summed E-state index contributed by atoms with van der Waals surface area (Å²) in [6.07, 6.45) is 8.53. The lowest BCUT2D eigenvalue weighted by molar-refractivity contribution is 0.0586. The van der Waals surface area contributed by atoms with Crippen molar-refractivity contribution in [2.45, 2.75) is 78.6 Å². The molecule has 0 N–H and O–H groups in total. The lowest BCUT2D eigenvalue weighted by Gasteiger charge is -2.19. The molecule has 0 aromatic heterocycles. The Kier molecular flexibility index (Phi) is 13.3. The van der Waals surface area contributed by atoms with Gasteiger partial charge in [0, 0.05) is 0 Å². The second kappa shape index (κ2) is 17.6. The number of fused-ring (bicyclic) bond motifs is 6. The van der Waals surface area contributed by atoms with Gasteiger partial charge in [-0.2, -0.15) is 0 Å². The van der Waals surface area contributed by atoms with Crippen LogP contribution in [0.1, 0.15) is 110 Å². The fourth-order valence-electron chi connectivity index (χ4n) is 5.85. The number of carbonyl (C=O) groups excluding carboxylic acids is 3. The number of ether oxygens (including phenoxy) is 6. The van der Waals surface area contributed by atoms with Gasteiger partial charge < -0.3 is 28.4 Å². The van der Waals surface area contributed by atoms with Crippen LogP contribution in [0, 0.1) is 0 Å². The van der Waals surface area contributed by atoms with Gasteiger partial charge in [-0.3, -0.25) is 0 Å². The van der Waals surface area contributed by atoms with E-state index in [9.17, 15) is 14.4 Å². The first-order chi connectivity index (χ1) is 23.3. The van der Waals surface area contributed by atoms with E-state index < -0.39 is 17.9 Å². The van der Waals surface area contributed by atoms with Crippen LogP contribution in [-0.4, -0.2) is 59.1 Å². The molecule has 0 fully saturated rings. The zero-order valence-electron chi connectivity index (χ0n) is 29.1. The van der Waals surface area contributed by atoms with Gasteiger partial charge in [-0.05, 0) is 88.0 Å². The first kappa shape index (κ1) is 36.3. The van der Waals surface area contributed by atoms with Crippen molar-refractivity contribution in [1.82, 2.24) is 0 Å². The molecule has 0 unspecified atom stereocenters. The van der Waals surface area contributed by atoms with Crippen LogP contribution >= 0.6 is 0 Å². The Hall–Kier alpha value is -4.53. The second-order valence-corrected chi connectivity index (χ2v) is 11.8. The van der Waals surface area contributed by atoms with Crippen LogP contribution in [0.5, 0.6) is 17.2 Å². The van der Waals surface area contributed by atoms with Crippen LogP contribution in [0.25, 0.3) is 32.3 Å². The van der Waals surface area contributed by atoms with Gasteiger partial charge in [0.05, 0.1) is 41.2 Å². The number of rotatable bonds is 18. The quantitative estimate of drug-likeness (QED) is 0.0447. The molecule has 0 atom stereocenters. The number of hydrogen-bond donors (Lipinski definition) is 0. The van der Waals surface area contributed by atoms with Crippen LogP contribution in [-0.2, 0) is 14.2 Å². The molecule has 258 valence electrons. The number of carbonyl (C=O) groups is 3.